The lowest BCUT2D eigenvalue weighted by atomic mass is 10.1. The van der Waals surface area contributed by atoms with E-state index in [1.165, 1.54) is 0 Å². The van der Waals surface area contributed by atoms with Crippen molar-refractivity contribution in [1.29, 1.82) is 0 Å². The standard InChI is InChI=1S/C17H21ClN2O/c1-12(19)13-8-9-16(15(18)10-13)20(2)11-14-6-4-5-7-17(14)21-3/h4-10,12H,11,19H2,1-3H3. The van der Waals surface area contributed by atoms with Crippen LogP contribution in [-0.2, 0) is 6.54 Å². The van der Waals surface area contributed by atoms with Gasteiger partial charge < -0.3 is 15.4 Å². The van der Waals surface area contributed by atoms with E-state index in [2.05, 4.69) is 11.0 Å². The van der Waals surface area contributed by atoms with Gasteiger partial charge in [-0.3, -0.25) is 0 Å². The van der Waals surface area contributed by atoms with E-state index in [1.54, 1.807) is 7.11 Å². The smallest absolute Gasteiger partial charge is 0.123 e. The van der Waals surface area contributed by atoms with Crippen LogP contribution in [-0.4, -0.2) is 14.2 Å². The Morgan fingerprint density at radius 2 is 1.95 bits per heavy atom. The molecule has 1 atom stereocenters. The van der Waals surface area contributed by atoms with E-state index in [1.807, 2.05) is 50.4 Å². The first-order valence-electron chi connectivity index (χ1n) is 6.91. The Hall–Kier alpha value is -1.71. The molecule has 2 aromatic carbocycles. The van der Waals surface area contributed by atoms with Crippen molar-refractivity contribution < 1.29 is 4.74 Å². The van der Waals surface area contributed by atoms with Crippen LogP contribution in [0, 0.1) is 0 Å². The van der Waals surface area contributed by atoms with E-state index < -0.39 is 0 Å². The van der Waals surface area contributed by atoms with Gasteiger partial charge in [0.25, 0.3) is 0 Å². The normalized spacial score (nSPS) is 12.0. The van der Waals surface area contributed by atoms with Gasteiger partial charge in [0.15, 0.2) is 0 Å². The number of hydrogen-bond donors (Lipinski definition) is 1. The molecule has 2 N–H and O–H groups in total. The molecule has 2 rings (SSSR count). The maximum Gasteiger partial charge on any atom is 0.123 e. The number of hydrogen-bond acceptors (Lipinski definition) is 3. The number of ether oxygens (including phenoxy) is 1. The van der Waals surface area contributed by atoms with Crippen molar-refractivity contribution in [2.45, 2.75) is 19.5 Å². The summed E-state index contributed by atoms with van der Waals surface area (Å²) in [4.78, 5) is 2.10. The molecule has 0 spiro atoms. The van der Waals surface area contributed by atoms with Crippen LogP contribution in [0.5, 0.6) is 5.75 Å². The van der Waals surface area contributed by atoms with Crippen LogP contribution < -0.4 is 15.4 Å². The summed E-state index contributed by atoms with van der Waals surface area (Å²) in [5.41, 5.74) is 9.02. The topological polar surface area (TPSA) is 38.5 Å². The molecule has 1 unspecified atom stereocenters. The Bertz CT molecular complexity index is 613. The van der Waals surface area contributed by atoms with Crippen LogP contribution >= 0.6 is 11.6 Å². The quantitative estimate of drug-likeness (QED) is 0.907. The number of nitrogens with zero attached hydrogens (tertiary/aromatic N) is 1. The third-order valence-corrected chi connectivity index (χ3v) is 3.81. The summed E-state index contributed by atoms with van der Waals surface area (Å²) in [5, 5.41) is 0.710. The van der Waals surface area contributed by atoms with Gasteiger partial charge in [0.2, 0.25) is 0 Å². The lowest BCUT2D eigenvalue weighted by molar-refractivity contribution is 0.409. The summed E-state index contributed by atoms with van der Waals surface area (Å²) in [5.74, 6) is 0.882. The van der Waals surface area contributed by atoms with Gasteiger partial charge in [0.1, 0.15) is 5.75 Å². The van der Waals surface area contributed by atoms with Gasteiger partial charge in [-0.15, -0.1) is 0 Å². The van der Waals surface area contributed by atoms with E-state index >= 15 is 0 Å². The highest BCUT2D eigenvalue weighted by Crippen LogP contribution is 2.30. The van der Waals surface area contributed by atoms with Gasteiger partial charge in [-0.1, -0.05) is 35.9 Å². The zero-order chi connectivity index (χ0) is 15.4. The maximum absolute atomic E-state index is 6.38. The third-order valence-electron chi connectivity index (χ3n) is 3.51. The van der Waals surface area contributed by atoms with Crippen molar-refractivity contribution in [3.05, 3.63) is 58.6 Å². The van der Waals surface area contributed by atoms with Crippen molar-refractivity contribution in [3.8, 4) is 5.75 Å². The van der Waals surface area contributed by atoms with Crippen LogP contribution in [0.1, 0.15) is 24.1 Å². The van der Waals surface area contributed by atoms with Crippen molar-refractivity contribution in [3.63, 3.8) is 0 Å². The highest BCUT2D eigenvalue weighted by molar-refractivity contribution is 6.33. The van der Waals surface area contributed by atoms with Crippen molar-refractivity contribution >= 4 is 17.3 Å². The summed E-state index contributed by atoms with van der Waals surface area (Å²) in [6, 6.07) is 13.9. The Kier molecular flexibility index (Phi) is 5.10. The number of benzene rings is 2. The molecule has 0 aliphatic heterocycles. The Morgan fingerprint density at radius 3 is 2.57 bits per heavy atom. The fourth-order valence-electron chi connectivity index (χ4n) is 2.29. The SMILES string of the molecule is COc1ccccc1CN(C)c1ccc(C(C)N)cc1Cl. The van der Waals surface area contributed by atoms with E-state index in [-0.39, 0.29) is 6.04 Å². The molecule has 3 nitrogen and oxygen atoms in total. The predicted molar refractivity (Wildman–Crippen MR) is 89.2 cm³/mol. The van der Waals surface area contributed by atoms with Crippen molar-refractivity contribution in [2.24, 2.45) is 5.73 Å². The first-order valence-corrected chi connectivity index (χ1v) is 7.28. The molecule has 0 aliphatic carbocycles. The number of methoxy groups -OCH3 is 1. The average molecular weight is 305 g/mol. The Balaban J connectivity index is 2.22. The van der Waals surface area contributed by atoms with Gasteiger partial charge in [-0.2, -0.15) is 0 Å². The summed E-state index contributed by atoms with van der Waals surface area (Å²) in [6.45, 7) is 2.67. The largest absolute Gasteiger partial charge is 0.496 e. The minimum Gasteiger partial charge on any atom is -0.496 e. The first kappa shape index (κ1) is 15.7. The summed E-state index contributed by atoms with van der Waals surface area (Å²) >= 11 is 6.38. The number of para-hydroxylation sites is 1. The molecule has 0 amide bonds. The summed E-state index contributed by atoms with van der Waals surface area (Å²) in [6.07, 6.45) is 0. The Morgan fingerprint density at radius 1 is 1.24 bits per heavy atom. The molecule has 0 radical (unpaired) electrons. The van der Waals surface area contributed by atoms with E-state index in [4.69, 9.17) is 22.1 Å². The number of nitrogens with two attached hydrogens (primary N) is 1. The summed E-state index contributed by atoms with van der Waals surface area (Å²) < 4.78 is 5.39. The average Bonchev–Trinajstić information content (AvgIpc) is 2.47. The zero-order valence-corrected chi connectivity index (χ0v) is 13.4. The molecule has 0 heterocycles. The lowest BCUT2D eigenvalue weighted by Crippen LogP contribution is -2.17. The third kappa shape index (κ3) is 3.69. The van der Waals surface area contributed by atoms with Gasteiger partial charge in [-0.05, 0) is 30.7 Å². The fraction of sp³-hybridized carbons (Fsp3) is 0.294. The number of halogens is 1. The van der Waals surface area contributed by atoms with Crippen LogP contribution in [0.25, 0.3) is 0 Å². The molecule has 0 saturated carbocycles. The molecule has 2 aromatic rings. The fourth-order valence-corrected chi connectivity index (χ4v) is 2.62. The van der Waals surface area contributed by atoms with Gasteiger partial charge >= 0.3 is 0 Å². The van der Waals surface area contributed by atoms with E-state index in [9.17, 15) is 0 Å². The molecule has 0 saturated heterocycles. The second-order valence-corrected chi connectivity index (χ2v) is 5.57. The highest BCUT2D eigenvalue weighted by atomic mass is 35.5. The molecular formula is C17H21ClN2O. The van der Waals surface area contributed by atoms with Crippen LogP contribution in [0.3, 0.4) is 0 Å². The summed E-state index contributed by atoms with van der Waals surface area (Å²) in [7, 11) is 3.70. The number of rotatable bonds is 5. The second kappa shape index (κ2) is 6.83. The molecule has 0 fully saturated rings. The molecule has 0 bridgehead atoms. The molecule has 4 heteroatoms. The molecule has 112 valence electrons. The van der Waals surface area contributed by atoms with Crippen LogP contribution in [0.2, 0.25) is 5.02 Å². The van der Waals surface area contributed by atoms with Crippen molar-refractivity contribution in [2.75, 3.05) is 19.1 Å². The molecule has 0 aromatic heterocycles. The lowest BCUT2D eigenvalue weighted by Gasteiger charge is -2.22. The van der Waals surface area contributed by atoms with Gasteiger partial charge in [0.05, 0.1) is 17.8 Å². The molecule has 0 aliphatic rings. The molecule has 21 heavy (non-hydrogen) atoms. The maximum atomic E-state index is 6.38. The Labute approximate surface area is 131 Å². The predicted octanol–water partition coefficient (Wildman–Crippen LogP) is 4.00. The van der Waals surface area contributed by atoms with Gasteiger partial charge in [0, 0.05) is 25.2 Å². The van der Waals surface area contributed by atoms with E-state index in [0.717, 1.165) is 29.1 Å². The van der Waals surface area contributed by atoms with Crippen LogP contribution in [0.15, 0.2) is 42.5 Å². The highest BCUT2D eigenvalue weighted by Gasteiger charge is 2.11. The van der Waals surface area contributed by atoms with Gasteiger partial charge in [-0.25, -0.2) is 0 Å². The second-order valence-electron chi connectivity index (χ2n) is 5.17. The van der Waals surface area contributed by atoms with E-state index in [0.29, 0.717) is 5.02 Å². The zero-order valence-electron chi connectivity index (χ0n) is 12.6. The monoisotopic (exact) mass is 304 g/mol. The molecular weight excluding hydrogens is 284 g/mol. The van der Waals surface area contributed by atoms with Crippen molar-refractivity contribution in [1.82, 2.24) is 0 Å². The minimum atomic E-state index is -0.0175. The minimum absolute atomic E-state index is 0.0175. The number of anilines is 1. The first-order chi connectivity index (χ1) is 10.0. The van der Waals surface area contributed by atoms with Crippen LogP contribution in [0.4, 0.5) is 5.69 Å².